The van der Waals surface area contributed by atoms with Crippen LogP contribution in [-0.4, -0.2) is 66.5 Å². The van der Waals surface area contributed by atoms with Gasteiger partial charge in [0.05, 0.1) is 49.8 Å². The third-order valence-corrected chi connectivity index (χ3v) is 5.13. The van der Waals surface area contributed by atoms with Crippen LogP contribution >= 0.6 is 11.6 Å². The number of benzene rings is 1. The lowest BCUT2D eigenvalue weighted by atomic mass is 10.1. The van der Waals surface area contributed by atoms with Gasteiger partial charge < -0.3 is 25.0 Å². The Morgan fingerprint density at radius 3 is 2.66 bits per heavy atom. The highest BCUT2D eigenvalue weighted by Crippen LogP contribution is 2.37. The van der Waals surface area contributed by atoms with Crippen molar-refractivity contribution in [3.05, 3.63) is 47.5 Å². The number of nitrogens with one attached hydrogen (secondary N) is 2. The largest absolute Gasteiger partial charge is 0.494 e. The summed E-state index contributed by atoms with van der Waals surface area (Å²) >= 11 is 6.00. The van der Waals surface area contributed by atoms with Crippen molar-refractivity contribution in [2.75, 3.05) is 50.7 Å². The van der Waals surface area contributed by atoms with Crippen LogP contribution < -0.4 is 20.3 Å². The van der Waals surface area contributed by atoms with Gasteiger partial charge in [-0.1, -0.05) is 17.7 Å². The molecule has 166 valence electrons. The molecule has 3 heterocycles. The smallest absolute Gasteiger partial charge is 0.273 e. The van der Waals surface area contributed by atoms with Crippen molar-refractivity contribution < 1.29 is 14.3 Å². The van der Waals surface area contributed by atoms with Crippen LogP contribution in [0.5, 0.6) is 5.75 Å². The van der Waals surface area contributed by atoms with Crippen molar-refractivity contribution in [2.24, 2.45) is 0 Å². The molecule has 2 N–H and O–H groups in total. The fraction of sp³-hybridized carbons (Fsp3) is 0.286. The number of para-hydroxylation sites is 1. The molecule has 1 aromatic carbocycles. The summed E-state index contributed by atoms with van der Waals surface area (Å²) in [6.07, 6.45) is 3.46. The highest BCUT2D eigenvalue weighted by Gasteiger charge is 2.19. The van der Waals surface area contributed by atoms with Gasteiger partial charge >= 0.3 is 0 Å². The molecule has 11 heteroatoms. The maximum atomic E-state index is 12.2. The lowest BCUT2D eigenvalue weighted by molar-refractivity contribution is 0.0958. The highest BCUT2D eigenvalue weighted by atomic mass is 35.5. The number of ether oxygens (including phenoxy) is 2. The number of hydrogen-bond acceptors (Lipinski definition) is 9. The second-order valence-corrected chi connectivity index (χ2v) is 7.27. The van der Waals surface area contributed by atoms with Crippen molar-refractivity contribution in [3.8, 4) is 17.0 Å². The van der Waals surface area contributed by atoms with Crippen molar-refractivity contribution >= 4 is 34.7 Å². The zero-order valence-electron chi connectivity index (χ0n) is 17.6. The molecule has 10 nitrogen and oxygen atoms in total. The number of nitrogens with zero attached hydrogens (tertiary/aromatic N) is 5. The molecular weight excluding hydrogens is 434 g/mol. The molecule has 3 aromatic rings. The minimum absolute atomic E-state index is 0.110. The zero-order chi connectivity index (χ0) is 22.5. The number of amides is 1. The first kappa shape index (κ1) is 21.7. The highest BCUT2D eigenvalue weighted by molar-refractivity contribution is 6.29. The van der Waals surface area contributed by atoms with E-state index in [9.17, 15) is 4.79 Å². The SMILES string of the molecule is CNC(=O)c1nnc(Cl)cc1Nc1cccc(-c2cnc(N3CCOCC3)cn2)c1OC. The fourth-order valence-corrected chi connectivity index (χ4v) is 3.51. The van der Waals surface area contributed by atoms with Crippen LogP contribution in [0.3, 0.4) is 0 Å². The van der Waals surface area contributed by atoms with Crippen molar-refractivity contribution in [1.82, 2.24) is 25.5 Å². The van der Waals surface area contributed by atoms with E-state index in [2.05, 4.69) is 35.7 Å². The van der Waals surface area contributed by atoms with Crippen LogP contribution in [0.2, 0.25) is 5.15 Å². The van der Waals surface area contributed by atoms with E-state index in [1.54, 1.807) is 19.5 Å². The number of anilines is 3. The third-order valence-electron chi connectivity index (χ3n) is 4.94. The Balaban J connectivity index is 1.66. The van der Waals surface area contributed by atoms with Gasteiger partial charge in [0.25, 0.3) is 5.91 Å². The summed E-state index contributed by atoms with van der Waals surface area (Å²) in [5.74, 6) is 0.950. The molecule has 1 aliphatic rings. The molecular formula is C21H22ClN7O3. The van der Waals surface area contributed by atoms with Gasteiger partial charge in [-0.05, 0) is 12.1 Å². The van der Waals surface area contributed by atoms with Crippen molar-refractivity contribution in [1.29, 1.82) is 0 Å². The standard InChI is InChI=1S/C21H22ClN7O3/c1-23-21(30)19-15(10-17(22)27-28-19)26-14-5-3-4-13(20(14)31-2)16-11-25-18(12-24-16)29-6-8-32-9-7-29/h3-5,10-12H,6-9H2,1-2H3,(H,23,30)(H,26,27). The Kier molecular flexibility index (Phi) is 6.62. The first-order valence-electron chi connectivity index (χ1n) is 9.95. The van der Waals surface area contributed by atoms with Crippen LogP contribution in [0, 0.1) is 0 Å². The summed E-state index contributed by atoms with van der Waals surface area (Å²) in [6, 6.07) is 7.09. The normalized spacial score (nSPS) is 13.5. The van der Waals surface area contributed by atoms with Crippen LogP contribution in [0.4, 0.5) is 17.2 Å². The van der Waals surface area contributed by atoms with Crippen molar-refractivity contribution in [3.63, 3.8) is 0 Å². The second-order valence-electron chi connectivity index (χ2n) is 6.88. The summed E-state index contributed by atoms with van der Waals surface area (Å²) in [5, 5.41) is 13.5. The maximum absolute atomic E-state index is 12.2. The predicted octanol–water partition coefficient (Wildman–Crippen LogP) is 2.54. The average molecular weight is 456 g/mol. The monoisotopic (exact) mass is 455 g/mol. The van der Waals surface area contributed by atoms with Gasteiger partial charge in [-0.15, -0.1) is 10.2 Å². The number of halogens is 1. The molecule has 2 aromatic heterocycles. The Hall–Kier alpha value is -3.50. The molecule has 0 bridgehead atoms. The fourth-order valence-electron chi connectivity index (χ4n) is 3.37. The summed E-state index contributed by atoms with van der Waals surface area (Å²) in [4.78, 5) is 23.5. The van der Waals surface area contributed by atoms with Crippen molar-refractivity contribution in [2.45, 2.75) is 0 Å². The number of aromatic nitrogens is 4. The maximum Gasteiger partial charge on any atom is 0.273 e. The molecule has 32 heavy (non-hydrogen) atoms. The summed E-state index contributed by atoms with van der Waals surface area (Å²) < 4.78 is 11.1. The predicted molar refractivity (Wildman–Crippen MR) is 121 cm³/mol. The summed E-state index contributed by atoms with van der Waals surface area (Å²) in [7, 11) is 3.08. The lowest BCUT2D eigenvalue weighted by Gasteiger charge is -2.27. The molecule has 0 saturated carbocycles. The van der Waals surface area contributed by atoms with E-state index in [4.69, 9.17) is 21.1 Å². The zero-order valence-corrected chi connectivity index (χ0v) is 18.4. The Morgan fingerprint density at radius 1 is 1.16 bits per heavy atom. The first-order valence-corrected chi connectivity index (χ1v) is 10.3. The van der Waals surface area contributed by atoms with E-state index in [1.807, 2.05) is 18.2 Å². The van der Waals surface area contributed by atoms with Gasteiger partial charge in [0.2, 0.25) is 0 Å². The first-order chi connectivity index (χ1) is 15.6. The summed E-state index contributed by atoms with van der Waals surface area (Å²) in [5.41, 5.74) is 2.51. The quantitative estimate of drug-likeness (QED) is 0.578. The molecule has 0 unspecified atom stereocenters. The second kappa shape index (κ2) is 9.75. The number of hydrogen-bond donors (Lipinski definition) is 2. The average Bonchev–Trinajstić information content (AvgIpc) is 2.84. The van der Waals surface area contributed by atoms with E-state index in [1.165, 1.54) is 13.1 Å². The molecule has 0 atom stereocenters. The molecule has 0 spiro atoms. The minimum atomic E-state index is -0.392. The van der Waals surface area contributed by atoms with Gasteiger partial charge in [-0.3, -0.25) is 9.78 Å². The number of methoxy groups -OCH3 is 1. The number of rotatable bonds is 6. The Labute approximate surface area is 189 Å². The molecule has 0 radical (unpaired) electrons. The van der Waals surface area contributed by atoms with Gasteiger partial charge in [-0.2, -0.15) is 0 Å². The van der Waals surface area contributed by atoms with Crippen LogP contribution in [0.15, 0.2) is 36.7 Å². The topological polar surface area (TPSA) is 114 Å². The number of carbonyl (C=O) groups is 1. The van der Waals surface area contributed by atoms with E-state index in [0.29, 0.717) is 36.0 Å². The summed E-state index contributed by atoms with van der Waals surface area (Å²) in [6.45, 7) is 2.92. The molecule has 1 amide bonds. The lowest BCUT2D eigenvalue weighted by Crippen LogP contribution is -2.36. The molecule has 1 saturated heterocycles. The molecule has 1 aliphatic heterocycles. The van der Waals surface area contributed by atoms with Gasteiger partial charge in [0.15, 0.2) is 16.6 Å². The van der Waals surface area contributed by atoms with Gasteiger partial charge in [0.1, 0.15) is 5.82 Å². The Morgan fingerprint density at radius 2 is 1.97 bits per heavy atom. The Bertz CT molecular complexity index is 1110. The van der Waals surface area contributed by atoms with Crippen LogP contribution in [0.25, 0.3) is 11.3 Å². The van der Waals surface area contributed by atoms with Crippen LogP contribution in [0.1, 0.15) is 10.5 Å². The minimum Gasteiger partial charge on any atom is -0.494 e. The number of carbonyl (C=O) groups excluding carboxylic acids is 1. The molecule has 0 aliphatic carbocycles. The van der Waals surface area contributed by atoms with Gasteiger partial charge in [-0.25, -0.2) is 4.98 Å². The third kappa shape index (κ3) is 4.56. The molecule has 4 rings (SSSR count). The van der Waals surface area contributed by atoms with E-state index >= 15 is 0 Å². The van der Waals surface area contributed by atoms with Gasteiger partial charge in [0, 0.05) is 31.8 Å². The van der Waals surface area contributed by atoms with E-state index in [-0.39, 0.29) is 10.8 Å². The van der Waals surface area contributed by atoms with E-state index in [0.717, 1.165) is 24.5 Å². The van der Waals surface area contributed by atoms with E-state index < -0.39 is 5.91 Å². The number of morpholine rings is 1. The van der Waals surface area contributed by atoms with Crippen LogP contribution in [-0.2, 0) is 4.74 Å². The molecule has 1 fully saturated rings.